The lowest BCUT2D eigenvalue weighted by molar-refractivity contribution is 0.0594. The number of hydrogen-bond donors (Lipinski definition) is 2. The minimum absolute atomic E-state index is 0.0663. The number of carbonyl (C=O) groups is 1. The average molecular weight is 284 g/mol. The first kappa shape index (κ1) is 14.0. The number of rotatable bonds is 4. The molecule has 2 N–H and O–H groups in total. The first-order chi connectivity index (χ1) is 9.51. The second-order valence-electron chi connectivity index (χ2n) is 3.99. The van der Waals surface area contributed by atoms with Crippen LogP contribution in [0.1, 0.15) is 16.2 Å². The van der Waals surface area contributed by atoms with Crippen LogP contribution in [-0.4, -0.2) is 18.1 Å². The number of carbonyl (C=O) groups excluding carboxylic acids is 1. The van der Waals surface area contributed by atoms with E-state index in [1.807, 2.05) is 0 Å². The molecule has 0 fully saturated rings. The van der Waals surface area contributed by atoms with E-state index in [1.54, 1.807) is 6.07 Å². The summed E-state index contributed by atoms with van der Waals surface area (Å²) < 4.78 is 43.9. The second kappa shape index (κ2) is 5.68. The van der Waals surface area contributed by atoms with Gasteiger partial charge in [0, 0.05) is 17.8 Å². The van der Waals surface area contributed by atoms with Crippen molar-refractivity contribution in [2.24, 2.45) is 0 Å². The van der Waals surface area contributed by atoms with Gasteiger partial charge >= 0.3 is 5.97 Å². The largest absolute Gasteiger partial charge is 0.464 e. The average Bonchev–Trinajstić information content (AvgIpc) is 2.89. The number of esters is 1. The molecule has 4 nitrogen and oxygen atoms in total. The molecular weight excluding hydrogens is 273 g/mol. The molecule has 1 aromatic carbocycles. The highest BCUT2D eigenvalue weighted by Gasteiger charge is 2.12. The van der Waals surface area contributed by atoms with Gasteiger partial charge in [0.1, 0.15) is 11.5 Å². The number of aromatic amines is 1. The van der Waals surface area contributed by atoms with Crippen LogP contribution in [0.15, 0.2) is 24.3 Å². The SMILES string of the molecule is COC(=O)c1ccc(CNc2cc(F)cc(F)c2F)[nH]1. The van der Waals surface area contributed by atoms with Crippen LogP contribution in [0.2, 0.25) is 0 Å². The van der Waals surface area contributed by atoms with Crippen molar-refractivity contribution in [3.63, 3.8) is 0 Å². The van der Waals surface area contributed by atoms with Gasteiger partial charge in [0.05, 0.1) is 19.3 Å². The van der Waals surface area contributed by atoms with Crippen molar-refractivity contribution in [2.45, 2.75) is 6.54 Å². The summed E-state index contributed by atoms with van der Waals surface area (Å²) in [6.45, 7) is 0.0663. The Hall–Kier alpha value is -2.44. The van der Waals surface area contributed by atoms with Crippen molar-refractivity contribution < 1.29 is 22.7 Å². The molecular formula is C13H11F3N2O2. The number of ether oxygens (including phenoxy) is 1. The van der Waals surface area contributed by atoms with E-state index in [2.05, 4.69) is 15.0 Å². The molecule has 20 heavy (non-hydrogen) atoms. The minimum atomic E-state index is -1.27. The Morgan fingerprint density at radius 3 is 2.75 bits per heavy atom. The van der Waals surface area contributed by atoms with Gasteiger partial charge < -0.3 is 15.0 Å². The number of nitrogens with one attached hydrogen (secondary N) is 2. The predicted octanol–water partition coefficient (Wildman–Crippen LogP) is 2.83. The lowest BCUT2D eigenvalue weighted by atomic mass is 10.2. The molecule has 0 radical (unpaired) electrons. The Kier molecular flexibility index (Phi) is 3.97. The number of H-pyrrole nitrogens is 1. The van der Waals surface area contributed by atoms with E-state index in [-0.39, 0.29) is 17.9 Å². The van der Waals surface area contributed by atoms with Gasteiger partial charge in [-0.2, -0.15) is 0 Å². The van der Waals surface area contributed by atoms with Crippen molar-refractivity contribution in [2.75, 3.05) is 12.4 Å². The number of methoxy groups -OCH3 is 1. The number of benzene rings is 1. The van der Waals surface area contributed by atoms with Crippen molar-refractivity contribution in [1.82, 2.24) is 4.98 Å². The summed E-state index contributed by atoms with van der Waals surface area (Å²) in [5.41, 5.74) is 0.474. The molecule has 0 saturated heterocycles. The van der Waals surface area contributed by atoms with Gasteiger partial charge in [0.15, 0.2) is 11.6 Å². The van der Waals surface area contributed by atoms with Crippen LogP contribution >= 0.6 is 0 Å². The van der Waals surface area contributed by atoms with E-state index in [0.29, 0.717) is 11.8 Å². The van der Waals surface area contributed by atoms with E-state index < -0.39 is 23.4 Å². The Balaban J connectivity index is 2.09. The predicted molar refractivity (Wildman–Crippen MR) is 65.8 cm³/mol. The maximum Gasteiger partial charge on any atom is 0.354 e. The van der Waals surface area contributed by atoms with Crippen molar-refractivity contribution in [3.8, 4) is 0 Å². The second-order valence-corrected chi connectivity index (χ2v) is 3.99. The lowest BCUT2D eigenvalue weighted by Crippen LogP contribution is -2.05. The minimum Gasteiger partial charge on any atom is -0.464 e. The van der Waals surface area contributed by atoms with E-state index in [4.69, 9.17) is 0 Å². The summed E-state index contributed by atoms with van der Waals surface area (Å²) in [6.07, 6.45) is 0. The lowest BCUT2D eigenvalue weighted by Gasteiger charge is -2.07. The fraction of sp³-hybridized carbons (Fsp3) is 0.154. The molecule has 0 bridgehead atoms. The van der Waals surface area contributed by atoms with Crippen LogP contribution in [-0.2, 0) is 11.3 Å². The number of halogens is 3. The van der Waals surface area contributed by atoms with Crippen LogP contribution in [0, 0.1) is 17.5 Å². The molecule has 0 aliphatic carbocycles. The van der Waals surface area contributed by atoms with Gasteiger partial charge in [-0.1, -0.05) is 0 Å². The quantitative estimate of drug-likeness (QED) is 0.670. The fourth-order valence-corrected chi connectivity index (χ4v) is 1.65. The fourth-order valence-electron chi connectivity index (χ4n) is 1.65. The summed E-state index contributed by atoms with van der Waals surface area (Å²) in [5.74, 6) is -3.85. The first-order valence-electron chi connectivity index (χ1n) is 5.66. The van der Waals surface area contributed by atoms with Crippen molar-refractivity contribution >= 4 is 11.7 Å². The molecule has 0 amide bonds. The third-order valence-corrected chi connectivity index (χ3v) is 2.61. The van der Waals surface area contributed by atoms with E-state index >= 15 is 0 Å². The molecule has 1 aromatic heterocycles. The Morgan fingerprint density at radius 1 is 1.30 bits per heavy atom. The highest BCUT2D eigenvalue weighted by molar-refractivity contribution is 5.87. The molecule has 2 rings (SSSR count). The summed E-state index contributed by atoms with van der Waals surface area (Å²) in [6, 6.07) is 4.38. The van der Waals surface area contributed by atoms with Gasteiger partial charge in [-0.05, 0) is 12.1 Å². The highest BCUT2D eigenvalue weighted by Crippen LogP contribution is 2.19. The molecule has 0 aliphatic rings. The highest BCUT2D eigenvalue weighted by atomic mass is 19.2. The monoisotopic (exact) mass is 284 g/mol. The summed E-state index contributed by atoms with van der Waals surface area (Å²) in [5, 5.41) is 2.54. The maximum absolute atomic E-state index is 13.4. The van der Waals surface area contributed by atoms with Gasteiger partial charge in [0.2, 0.25) is 0 Å². The van der Waals surface area contributed by atoms with Crippen LogP contribution in [0.25, 0.3) is 0 Å². The zero-order valence-electron chi connectivity index (χ0n) is 10.5. The third kappa shape index (κ3) is 2.93. The van der Waals surface area contributed by atoms with Gasteiger partial charge in [-0.25, -0.2) is 18.0 Å². The number of anilines is 1. The maximum atomic E-state index is 13.4. The smallest absolute Gasteiger partial charge is 0.354 e. The number of hydrogen-bond acceptors (Lipinski definition) is 3. The van der Waals surface area contributed by atoms with E-state index in [9.17, 15) is 18.0 Å². The van der Waals surface area contributed by atoms with Gasteiger partial charge in [-0.3, -0.25) is 0 Å². The summed E-state index contributed by atoms with van der Waals surface area (Å²) in [4.78, 5) is 13.9. The number of aromatic nitrogens is 1. The van der Waals surface area contributed by atoms with E-state index in [1.165, 1.54) is 13.2 Å². The topological polar surface area (TPSA) is 54.1 Å². The zero-order chi connectivity index (χ0) is 14.7. The normalized spacial score (nSPS) is 10.4. The summed E-state index contributed by atoms with van der Waals surface area (Å²) in [7, 11) is 1.24. The van der Waals surface area contributed by atoms with Gasteiger partial charge in [0.25, 0.3) is 0 Å². The van der Waals surface area contributed by atoms with Crippen molar-refractivity contribution in [3.05, 3.63) is 53.1 Å². The molecule has 1 heterocycles. The van der Waals surface area contributed by atoms with Crippen LogP contribution < -0.4 is 5.32 Å². The van der Waals surface area contributed by atoms with Crippen LogP contribution in [0.3, 0.4) is 0 Å². The standard InChI is InChI=1S/C13H11F3N2O2/c1-20-13(19)10-3-2-8(18-10)6-17-11-5-7(14)4-9(15)12(11)16/h2-5,17-18H,6H2,1H3. The zero-order valence-corrected chi connectivity index (χ0v) is 10.5. The van der Waals surface area contributed by atoms with E-state index in [0.717, 1.165) is 6.07 Å². The Labute approximate surface area is 112 Å². The molecule has 0 atom stereocenters. The molecule has 7 heteroatoms. The van der Waals surface area contributed by atoms with Crippen LogP contribution in [0.5, 0.6) is 0 Å². The summed E-state index contributed by atoms with van der Waals surface area (Å²) >= 11 is 0. The first-order valence-corrected chi connectivity index (χ1v) is 5.66. The van der Waals surface area contributed by atoms with Crippen LogP contribution in [0.4, 0.5) is 18.9 Å². The Bertz CT molecular complexity index is 641. The molecule has 0 saturated carbocycles. The molecule has 106 valence electrons. The van der Waals surface area contributed by atoms with Crippen molar-refractivity contribution in [1.29, 1.82) is 0 Å². The molecule has 0 spiro atoms. The third-order valence-electron chi connectivity index (χ3n) is 2.61. The Morgan fingerprint density at radius 2 is 2.05 bits per heavy atom. The van der Waals surface area contributed by atoms with Gasteiger partial charge in [-0.15, -0.1) is 0 Å². The molecule has 2 aromatic rings. The molecule has 0 unspecified atom stereocenters. The molecule has 0 aliphatic heterocycles.